The number of esters is 1. The molecule has 0 saturated carbocycles. The molecule has 0 amide bonds. The number of carbonyl (C=O) groups is 1. The Bertz CT molecular complexity index is 847. The van der Waals surface area contributed by atoms with E-state index in [0.29, 0.717) is 6.42 Å². The van der Waals surface area contributed by atoms with Gasteiger partial charge in [0.25, 0.3) is 0 Å². The molecule has 3 aromatic rings. The monoisotopic (exact) mass is 363 g/mol. The SMILES string of the molecule is COC(=O)C(C)Cc1cccc(CN(Cc2ccccc2)n2cccn2)c1. The molecule has 1 atom stereocenters. The first-order chi connectivity index (χ1) is 13.2. The average Bonchev–Trinajstić information content (AvgIpc) is 3.23. The van der Waals surface area contributed by atoms with Crippen molar-refractivity contribution in [3.63, 3.8) is 0 Å². The Kier molecular flexibility index (Phi) is 6.26. The minimum atomic E-state index is -0.178. The first-order valence-corrected chi connectivity index (χ1v) is 9.10. The van der Waals surface area contributed by atoms with E-state index in [0.717, 1.165) is 18.7 Å². The summed E-state index contributed by atoms with van der Waals surface area (Å²) in [7, 11) is 1.43. The van der Waals surface area contributed by atoms with Crippen LogP contribution in [0, 0.1) is 5.92 Å². The van der Waals surface area contributed by atoms with E-state index in [1.165, 1.54) is 18.2 Å². The van der Waals surface area contributed by atoms with Crippen LogP contribution in [0.3, 0.4) is 0 Å². The van der Waals surface area contributed by atoms with Crippen LogP contribution < -0.4 is 5.01 Å². The van der Waals surface area contributed by atoms with Crippen molar-refractivity contribution in [1.29, 1.82) is 0 Å². The number of carbonyl (C=O) groups excluding carboxylic acids is 1. The van der Waals surface area contributed by atoms with E-state index in [1.54, 1.807) is 6.20 Å². The number of aromatic nitrogens is 2. The molecule has 0 spiro atoms. The summed E-state index contributed by atoms with van der Waals surface area (Å²) >= 11 is 0. The van der Waals surface area contributed by atoms with Gasteiger partial charge in [-0.25, -0.2) is 0 Å². The highest BCUT2D eigenvalue weighted by atomic mass is 16.5. The van der Waals surface area contributed by atoms with Crippen LogP contribution in [-0.4, -0.2) is 23.0 Å². The van der Waals surface area contributed by atoms with Crippen molar-refractivity contribution in [2.75, 3.05) is 12.1 Å². The smallest absolute Gasteiger partial charge is 0.308 e. The van der Waals surface area contributed by atoms with Gasteiger partial charge in [0, 0.05) is 6.20 Å². The fourth-order valence-corrected chi connectivity index (χ4v) is 3.13. The van der Waals surface area contributed by atoms with Crippen molar-refractivity contribution < 1.29 is 9.53 Å². The van der Waals surface area contributed by atoms with Gasteiger partial charge in [-0.2, -0.15) is 9.89 Å². The molecule has 27 heavy (non-hydrogen) atoms. The van der Waals surface area contributed by atoms with Gasteiger partial charge < -0.3 is 4.74 Å². The minimum Gasteiger partial charge on any atom is -0.469 e. The molecule has 0 N–H and O–H groups in total. The van der Waals surface area contributed by atoms with Gasteiger partial charge in [-0.05, 0) is 29.2 Å². The number of hydrogen-bond donors (Lipinski definition) is 0. The fraction of sp³-hybridized carbons (Fsp3) is 0.273. The van der Waals surface area contributed by atoms with E-state index < -0.39 is 0 Å². The number of rotatable bonds is 8. The summed E-state index contributed by atoms with van der Waals surface area (Å²) in [6.07, 6.45) is 4.40. The van der Waals surface area contributed by atoms with Crippen LogP contribution in [-0.2, 0) is 29.0 Å². The van der Waals surface area contributed by atoms with E-state index in [2.05, 4.69) is 40.4 Å². The maximum absolute atomic E-state index is 11.7. The van der Waals surface area contributed by atoms with Crippen LogP contribution in [0.4, 0.5) is 0 Å². The highest BCUT2D eigenvalue weighted by Crippen LogP contribution is 2.15. The Hall–Kier alpha value is -3.08. The van der Waals surface area contributed by atoms with Crippen LogP contribution in [0.25, 0.3) is 0 Å². The molecule has 1 aromatic heterocycles. The lowest BCUT2D eigenvalue weighted by Crippen LogP contribution is -2.33. The molecule has 3 rings (SSSR count). The third-order valence-corrected chi connectivity index (χ3v) is 4.49. The van der Waals surface area contributed by atoms with E-state index in [1.807, 2.05) is 48.2 Å². The van der Waals surface area contributed by atoms with Gasteiger partial charge in [0.2, 0.25) is 0 Å². The maximum atomic E-state index is 11.7. The van der Waals surface area contributed by atoms with Gasteiger partial charge in [-0.1, -0.05) is 61.5 Å². The summed E-state index contributed by atoms with van der Waals surface area (Å²) in [5.74, 6) is -0.334. The molecule has 2 aromatic carbocycles. The number of nitrogens with zero attached hydrogens (tertiary/aromatic N) is 3. The number of hydrogen-bond acceptors (Lipinski definition) is 4. The van der Waals surface area contributed by atoms with Crippen molar-refractivity contribution in [2.24, 2.45) is 5.92 Å². The van der Waals surface area contributed by atoms with Crippen LogP contribution in [0.2, 0.25) is 0 Å². The highest BCUT2D eigenvalue weighted by Gasteiger charge is 2.14. The predicted octanol–water partition coefficient (Wildman–Crippen LogP) is 3.57. The van der Waals surface area contributed by atoms with Crippen molar-refractivity contribution >= 4 is 5.97 Å². The topological polar surface area (TPSA) is 47.4 Å². The van der Waals surface area contributed by atoms with Gasteiger partial charge in [-0.15, -0.1) is 0 Å². The third kappa shape index (κ3) is 5.20. The summed E-state index contributed by atoms with van der Waals surface area (Å²) in [5, 5.41) is 6.57. The lowest BCUT2D eigenvalue weighted by molar-refractivity contribution is -0.144. The summed E-state index contributed by atoms with van der Waals surface area (Å²) < 4.78 is 4.84. The second-order valence-corrected chi connectivity index (χ2v) is 6.68. The van der Waals surface area contributed by atoms with Crippen LogP contribution in [0.5, 0.6) is 0 Å². The van der Waals surface area contributed by atoms with E-state index in [9.17, 15) is 4.79 Å². The molecule has 0 saturated heterocycles. The number of methoxy groups -OCH3 is 1. The number of benzene rings is 2. The molecule has 140 valence electrons. The first kappa shape index (κ1) is 18.7. The lowest BCUT2D eigenvalue weighted by Gasteiger charge is -2.25. The van der Waals surface area contributed by atoms with Crippen molar-refractivity contribution in [3.05, 3.63) is 89.7 Å². The lowest BCUT2D eigenvalue weighted by atomic mass is 9.99. The second kappa shape index (κ2) is 9.03. The molecule has 0 aliphatic heterocycles. The van der Waals surface area contributed by atoms with E-state index in [4.69, 9.17) is 4.74 Å². The Morgan fingerprint density at radius 2 is 1.74 bits per heavy atom. The fourth-order valence-electron chi connectivity index (χ4n) is 3.13. The predicted molar refractivity (Wildman–Crippen MR) is 106 cm³/mol. The third-order valence-electron chi connectivity index (χ3n) is 4.49. The highest BCUT2D eigenvalue weighted by molar-refractivity contribution is 5.72. The van der Waals surface area contributed by atoms with Crippen LogP contribution in [0.1, 0.15) is 23.6 Å². The summed E-state index contributed by atoms with van der Waals surface area (Å²) in [6.45, 7) is 3.37. The zero-order valence-electron chi connectivity index (χ0n) is 15.8. The Balaban J connectivity index is 1.76. The standard InChI is InChI=1S/C22H25N3O2/c1-18(22(26)27-2)14-20-10-6-11-21(15-20)17-24(25-13-7-12-23-25)16-19-8-4-3-5-9-19/h3-13,15,18H,14,16-17H2,1-2H3. The Morgan fingerprint density at radius 1 is 1.04 bits per heavy atom. The second-order valence-electron chi connectivity index (χ2n) is 6.68. The first-order valence-electron chi connectivity index (χ1n) is 9.10. The molecule has 0 radical (unpaired) electrons. The summed E-state index contributed by atoms with van der Waals surface area (Å²) in [5.41, 5.74) is 3.53. The van der Waals surface area contributed by atoms with Crippen molar-refractivity contribution in [3.8, 4) is 0 Å². The largest absolute Gasteiger partial charge is 0.469 e. The quantitative estimate of drug-likeness (QED) is 0.574. The summed E-state index contributed by atoms with van der Waals surface area (Å²) in [6, 6.07) is 20.6. The van der Waals surface area contributed by atoms with Gasteiger partial charge in [0.1, 0.15) is 0 Å². The molecule has 0 bridgehead atoms. The van der Waals surface area contributed by atoms with E-state index >= 15 is 0 Å². The van der Waals surface area contributed by atoms with Gasteiger partial charge >= 0.3 is 5.97 Å². The zero-order chi connectivity index (χ0) is 19.1. The van der Waals surface area contributed by atoms with Gasteiger partial charge in [0.15, 0.2) is 0 Å². The number of ether oxygens (including phenoxy) is 1. The molecule has 5 nitrogen and oxygen atoms in total. The molecule has 0 fully saturated rings. The van der Waals surface area contributed by atoms with Crippen LogP contribution in [0.15, 0.2) is 73.1 Å². The molecule has 1 heterocycles. The van der Waals surface area contributed by atoms with Gasteiger partial charge in [0.05, 0.1) is 32.3 Å². The van der Waals surface area contributed by atoms with Crippen molar-refractivity contribution in [1.82, 2.24) is 9.89 Å². The van der Waals surface area contributed by atoms with Crippen molar-refractivity contribution in [2.45, 2.75) is 26.4 Å². The molecule has 5 heteroatoms. The average molecular weight is 363 g/mol. The molecule has 0 aliphatic rings. The summed E-state index contributed by atoms with van der Waals surface area (Å²) in [4.78, 5) is 13.6. The molecule has 0 aliphatic carbocycles. The maximum Gasteiger partial charge on any atom is 0.308 e. The zero-order valence-corrected chi connectivity index (χ0v) is 15.8. The van der Waals surface area contributed by atoms with Gasteiger partial charge in [-0.3, -0.25) is 9.80 Å². The minimum absolute atomic E-state index is 0.156. The molecule has 1 unspecified atom stereocenters. The Morgan fingerprint density at radius 3 is 2.44 bits per heavy atom. The van der Waals surface area contributed by atoms with Crippen LogP contribution >= 0.6 is 0 Å². The Labute approximate surface area is 160 Å². The molecular formula is C22H25N3O2. The van der Waals surface area contributed by atoms with E-state index in [-0.39, 0.29) is 11.9 Å². The molecular weight excluding hydrogens is 338 g/mol. The normalized spacial score (nSPS) is 11.8.